The highest BCUT2D eigenvalue weighted by molar-refractivity contribution is 6.09. The molecule has 1 atom stereocenters. The van der Waals surface area contributed by atoms with Gasteiger partial charge in [-0.2, -0.15) is 0 Å². The molecule has 23 heavy (non-hydrogen) atoms. The van der Waals surface area contributed by atoms with Crippen LogP contribution in [0.3, 0.4) is 0 Å². The third-order valence-corrected chi connectivity index (χ3v) is 4.43. The van der Waals surface area contributed by atoms with Crippen molar-refractivity contribution in [3.8, 4) is 0 Å². The number of benzene rings is 1. The quantitative estimate of drug-likeness (QED) is 0.788. The lowest BCUT2D eigenvalue weighted by atomic mass is 10.1. The molecule has 0 bridgehead atoms. The number of amides is 3. The predicted octanol–water partition coefficient (Wildman–Crippen LogP) is 1.58. The van der Waals surface area contributed by atoms with Crippen molar-refractivity contribution in [2.75, 3.05) is 5.32 Å². The Kier molecular flexibility index (Phi) is 4.60. The van der Waals surface area contributed by atoms with Gasteiger partial charge in [-0.3, -0.25) is 14.4 Å². The molecule has 0 unspecified atom stereocenters. The summed E-state index contributed by atoms with van der Waals surface area (Å²) in [6.45, 7) is 0. The first-order chi connectivity index (χ1) is 11.1. The Morgan fingerprint density at radius 2 is 1.91 bits per heavy atom. The fourth-order valence-corrected chi connectivity index (χ4v) is 3.16. The molecule has 6 heteroatoms. The van der Waals surface area contributed by atoms with Crippen molar-refractivity contribution in [1.29, 1.82) is 0 Å². The SMILES string of the molecule is O=C(CC[C@@H]1NC(=O)c2ccccc2NC1=O)NC1CCCC1. The topological polar surface area (TPSA) is 87.3 Å². The largest absolute Gasteiger partial charge is 0.353 e. The summed E-state index contributed by atoms with van der Waals surface area (Å²) in [4.78, 5) is 36.4. The second kappa shape index (κ2) is 6.81. The highest BCUT2D eigenvalue weighted by Crippen LogP contribution is 2.20. The summed E-state index contributed by atoms with van der Waals surface area (Å²) >= 11 is 0. The molecule has 6 nitrogen and oxygen atoms in total. The Balaban J connectivity index is 1.57. The molecule has 1 aliphatic carbocycles. The molecule has 1 aromatic rings. The molecule has 1 aliphatic heterocycles. The van der Waals surface area contributed by atoms with Crippen LogP contribution in [0.4, 0.5) is 5.69 Å². The molecule has 1 aromatic carbocycles. The van der Waals surface area contributed by atoms with Crippen LogP contribution in [0.25, 0.3) is 0 Å². The Labute approximate surface area is 135 Å². The van der Waals surface area contributed by atoms with Crippen LogP contribution in [0.5, 0.6) is 0 Å². The van der Waals surface area contributed by atoms with Gasteiger partial charge in [0.25, 0.3) is 5.91 Å². The van der Waals surface area contributed by atoms with Crippen molar-refractivity contribution in [1.82, 2.24) is 10.6 Å². The van der Waals surface area contributed by atoms with Crippen LogP contribution in [0.1, 0.15) is 48.9 Å². The highest BCUT2D eigenvalue weighted by Gasteiger charge is 2.28. The Morgan fingerprint density at radius 3 is 2.70 bits per heavy atom. The molecule has 0 spiro atoms. The summed E-state index contributed by atoms with van der Waals surface area (Å²) in [6, 6.07) is 6.46. The highest BCUT2D eigenvalue weighted by atomic mass is 16.2. The van der Waals surface area contributed by atoms with Gasteiger partial charge in [0.05, 0.1) is 11.3 Å². The summed E-state index contributed by atoms with van der Waals surface area (Å²) in [5, 5.41) is 8.44. The van der Waals surface area contributed by atoms with E-state index in [4.69, 9.17) is 0 Å². The van der Waals surface area contributed by atoms with Gasteiger partial charge in [0.1, 0.15) is 6.04 Å². The van der Waals surface area contributed by atoms with Gasteiger partial charge < -0.3 is 16.0 Å². The molecule has 3 amide bonds. The minimum absolute atomic E-state index is 0.0549. The number of carbonyl (C=O) groups is 3. The molecular formula is C17H21N3O3. The number of anilines is 1. The summed E-state index contributed by atoms with van der Waals surface area (Å²) < 4.78 is 0. The number of hydrogen-bond acceptors (Lipinski definition) is 3. The van der Waals surface area contributed by atoms with E-state index in [1.807, 2.05) is 0 Å². The number of hydrogen-bond donors (Lipinski definition) is 3. The van der Waals surface area contributed by atoms with Crippen LogP contribution in [-0.4, -0.2) is 29.8 Å². The standard InChI is InChI=1S/C17H21N3O3/c21-15(18-11-5-1-2-6-11)10-9-14-17(23)19-13-8-4-3-7-12(13)16(22)20-14/h3-4,7-8,11,14H,1-2,5-6,9-10H2,(H,18,21)(H,19,23)(H,20,22)/t14-/m0/s1. The molecular weight excluding hydrogens is 294 g/mol. The van der Waals surface area contributed by atoms with E-state index >= 15 is 0 Å². The molecule has 0 aromatic heterocycles. The van der Waals surface area contributed by atoms with E-state index in [1.165, 1.54) is 0 Å². The van der Waals surface area contributed by atoms with Gasteiger partial charge in [0, 0.05) is 12.5 Å². The van der Waals surface area contributed by atoms with Gasteiger partial charge >= 0.3 is 0 Å². The molecule has 122 valence electrons. The first-order valence-electron chi connectivity index (χ1n) is 8.13. The van der Waals surface area contributed by atoms with E-state index in [0.29, 0.717) is 17.7 Å². The van der Waals surface area contributed by atoms with Crippen LogP contribution in [0, 0.1) is 0 Å². The predicted molar refractivity (Wildman–Crippen MR) is 86.0 cm³/mol. The minimum Gasteiger partial charge on any atom is -0.353 e. The average Bonchev–Trinajstić information content (AvgIpc) is 3.00. The first-order valence-corrected chi connectivity index (χ1v) is 8.13. The van der Waals surface area contributed by atoms with E-state index < -0.39 is 6.04 Å². The molecule has 0 radical (unpaired) electrons. The van der Waals surface area contributed by atoms with Crippen molar-refractivity contribution >= 4 is 23.4 Å². The normalized spacial score (nSPS) is 21.1. The average molecular weight is 315 g/mol. The lowest BCUT2D eigenvalue weighted by molar-refractivity contribution is -0.122. The fraction of sp³-hybridized carbons (Fsp3) is 0.471. The van der Waals surface area contributed by atoms with Gasteiger partial charge in [0.2, 0.25) is 11.8 Å². The lowest BCUT2D eigenvalue weighted by Crippen LogP contribution is -2.42. The van der Waals surface area contributed by atoms with Crippen molar-refractivity contribution in [2.24, 2.45) is 0 Å². The van der Waals surface area contributed by atoms with E-state index in [2.05, 4.69) is 16.0 Å². The maximum absolute atomic E-state index is 12.2. The number of carbonyl (C=O) groups excluding carboxylic acids is 3. The maximum atomic E-state index is 12.2. The van der Waals surface area contributed by atoms with Crippen molar-refractivity contribution in [3.05, 3.63) is 29.8 Å². The molecule has 2 aliphatic rings. The molecule has 3 rings (SSSR count). The van der Waals surface area contributed by atoms with E-state index in [1.54, 1.807) is 24.3 Å². The van der Waals surface area contributed by atoms with Gasteiger partial charge in [-0.15, -0.1) is 0 Å². The first kappa shape index (κ1) is 15.5. The number of rotatable bonds is 4. The smallest absolute Gasteiger partial charge is 0.254 e. The number of fused-ring (bicyclic) bond motifs is 1. The second-order valence-corrected chi connectivity index (χ2v) is 6.15. The molecule has 1 saturated carbocycles. The van der Waals surface area contributed by atoms with Gasteiger partial charge in [-0.1, -0.05) is 25.0 Å². The zero-order valence-electron chi connectivity index (χ0n) is 12.9. The molecule has 3 N–H and O–H groups in total. The third kappa shape index (κ3) is 3.70. The molecule has 1 fully saturated rings. The lowest BCUT2D eigenvalue weighted by Gasteiger charge is -2.16. The Hall–Kier alpha value is -2.37. The summed E-state index contributed by atoms with van der Waals surface area (Å²) in [7, 11) is 0. The van der Waals surface area contributed by atoms with E-state index in [-0.39, 0.29) is 30.2 Å². The van der Waals surface area contributed by atoms with Gasteiger partial charge in [0.15, 0.2) is 0 Å². The monoisotopic (exact) mass is 315 g/mol. The number of para-hydroxylation sites is 1. The van der Waals surface area contributed by atoms with Crippen LogP contribution in [0.15, 0.2) is 24.3 Å². The van der Waals surface area contributed by atoms with Crippen LogP contribution in [0.2, 0.25) is 0 Å². The zero-order chi connectivity index (χ0) is 16.2. The van der Waals surface area contributed by atoms with Crippen LogP contribution < -0.4 is 16.0 Å². The minimum atomic E-state index is -0.691. The Morgan fingerprint density at radius 1 is 1.17 bits per heavy atom. The maximum Gasteiger partial charge on any atom is 0.254 e. The van der Waals surface area contributed by atoms with Gasteiger partial charge in [-0.25, -0.2) is 0 Å². The second-order valence-electron chi connectivity index (χ2n) is 6.15. The summed E-state index contributed by atoms with van der Waals surface area (Å²) in [6.07, 6.45) is 4.90. The summed E-state index contributed by atoms with van der Waals surface area (Å²) in [5.74, 6) is -0.627. The number of nitrogens with one attached hydrogen (secondary N) is 3. The van der Waals surface area contributed by atoms with Crippen molar-refractivity contribution in [3.63, 3.8) is 0 Å². The van der Waals surface area contributed by atoms with Crippen LogP contribution in [-0.2, 0) is 9.59 Å². The van der Waals surface area contributed by atoms with Crippen molar-refractivity contribution in [2.45, 2.75) is 50.6 Å². The Bertz CT molecular complexity index is 623. The van der Waals surface area contributed by atoms with Crippen molar-refractivity contribution < 1.29 is 14.4 Å². The van der Waals surface area contributed by atoms with E-state index in [0.717, 1.165) is 25.7 Å². The van der Waals surface area contributed by atoms with Gasteiger partial charge in [-0.05, 0) is 31.4 Å². The van der Waals surface area contributed by atoms with Crippen LogP contribution >= 0.6 is 0 Å². The zero-order valence-corrected chi connectivity index (χ0v) is 12.9. The summed E-state index contributed by atoms with van der Waals surface area (Å²) in [5.41, 5.74) is 0.951. The molecule has 1 heterocycles. The van der Waals surface area contributed by atoms with E-state index in [9.17, 15) is 14.4 Å². The molecule has 0 saturated heterocycles. The fourth-order valence-electron chi connectivity index (χ4n) is 3.16. The third-order valence-electron chi connectivity index (χ3n) is 4.43.